The largest absolute Gasteiger partial charge is 0.360 e. The molecule has 0 saturated carbocycles. The van der Waals surface area contributed by atoms with Crippen LogP contribution in [0.1, 0.15) is 5.01 Å². The Balaban J connectivity index is 2.00. The molecule has 19 heavy (non-hydrogen) atoms. The van der Waals surface area contributed by atoms with Crippen LogP contribution in [0.5, 0.6) is 0 Å². The number of fused-ring (bicyclic) bond motifs is 1. The van der Waals surface area contributed by atoms with Crippen LogP contribution in [0.3, 0.4) is 0 Å². The van der Waals surface area contributed by atoms with Crippen molar-refractivity contribution in [1.29, 1.82) is 5.26 Å². The van der Waals surface area contributed by atoms with Crippen molar-refractivity contribution in [3.8, 4) is 6.07 Å². The molecule has 2 heterocycles. The lowest BCUT2D eigenvalue weighted by molar-refractivity contribution is 0.630. The Morgan fingerprint density at radius 3 is 3.05 bits per heavy atom. The van der Waals surface area contributed by atoms with E-state index in [1.165, 1.54) is 11.3 Å². The summed E-state index contributed by atoms with van der Waals surface area (Å²) in [7, 11) is 0. The Bertz CT molecular complexity index is 678. The molecule has 3 rings (SSSR count). The second-order valence-electron chi connectivity index (χ2n) is 4.07. The summed E-state index contributed by atoms with van der Waals surface area (Å²) in [5.41, 5.74) is 1.47. The molecule has 6 heteroatoms. The van der Waals surface area contributed by atoms with E-state index in [0.717, 1.165) is 28.3 Å². The Morgan fingerprint density at radius 2 is 2.37 bits per heavy atom. The molecule has 4 nitrogen and oxygen atoms in total. The van der Waals surface area contributed by atoms with E-state index in [9.17, 15) is 5.26 Å². The number of hydrogen-bond acceptors (Lipinski definition) is 4. The fourth-order valence-corrected chi connectivity index (χ4v) is 3.06. The minimum atomic E-state index is 0.548. The molecule has 1 aliphatic rings. The summed E-state index contributed by atoms with van der Waals surface area (Å²) in [5.74, 6) is 0. The second kappa shape index (κ2) is 4.96. The molecule has 0 spiro atoms. The molecule has 1 fully saturated rings. The molecule has 0 aliphatic carbocycles. The van der Waals surface area contributed by atoms with E-state index < -0.39 is 0 Å². The van der Waals surface area contributed by atoms with Gasteiger partial charge in [-0.25, -0.2) is 4.98 Å². The van der Waals surface area contributed by atoms with Crippen molar-refractivity contribution in [1.82, 2.24) is 15.2 Å². The lowest BCUT2D eigenvalue weighted by Crippen LogP contribution is -2.22. The average Bonchev–Trinajstić information content (AvgIpc) is 3.02. The molecule has 94 valence electrons. The summed E-state index contributed by atoms with van der Waals surface area (Å²) in [6, 6.07) is 10.1. The predicted octanol–water partition coefficient (Wildman–Crippen LogP) is 2.35. The smallest absolute Gasteiger partial charge is 0.173 e. The quantitative estimate of drug-likeness (QED) is 0.678. The fourth-order valence-electron chi connectivity index (χ4n) is 1.88. The van der Waals surface area contributed by atoms with Crippen molar-refractivity contribution in [2.75, 3.05) is 13.1 Å². The van der Waals surface area contributed by atoms with Crippen LogP contribution >= 0.6 is 23.6 Å². The first-order chi connectivity index (χ1) is 9.28. The number of para-hydroxylation sites is 1. The average molecular weight is 286 g/mol. The van der Waals surface area contributed by atoms with Gasteiger partial charge in [0, 0.05) is 19.3 Å². The van der Waals surface area contributed by atoms with Gasteiger partial charge in [-0.05, 0) is 24.4 Å². The van der Waals surface area contributed by atoms with Gasteiger partial charge in [0.25, 0.3) is 0 Å². The van der Waals surface area contributed by atoms with Crippen LogP contribution in [-0.2, 0) is 0 Å². The fraction of sp³-hybridized carbons (Fsp3) is 0.154. The maximum atomic E-state index is 9.31. The third kappa shape index (κ3) is 2.30. The highest BCUT2D eigenvalue weighted by Gasteiger charge is 2.16. The van der Waals surface area contributed by atoms with Crippen LogP contribution < -0.4 is 5.32 Å². The number of aromatic nitrogens is 1. The molecule has 0 unspecified atom stereocenters. The lowest BCUT2D eigenvalue weighted by Gasteiger charge is -2.10. The highest BCUT2D eigenvalue weighted by atomic mass is 32.1. The number of hydrogen-bond donors (Lipinski definition) is 1. The zero-order valence-corrected chi connectivity index (χ0v) is 11.6. The third-order valence-electron chi connectivity index (χ3n) is 2.82. The monoisotopic (exact) mass is 286 g/mol. The summed E-state index contributed by atoms with van der Waals surface area (Å²) in [6.07, 6.45) is 1.78. The van der Waals surface area contributed by atoms with Gasteiger partial charge < -0.3 is 10.2 Å². The molecule has 1 N–H and O–H groups in total. The van der Waals surface area contributed by atoms with Gasteiger partial charge in [0.05, 0.1) is 10.2 Å². The van der Waals surface area contributed by atoms with Crippen molar-refractivity contribution < 1.29 is 0 Å². The summed E-state index contributed by atoms with van der Waals surface area (Å²) in [6.45, 7) is 1.60. The van der Waals surface area contributed by atoms with Gasteiger partial charge in [-0.3, -0.25) is 0 Å². The van der Waals surface area contributed by atoms with E-state index in [-0.39, 0.29) is 0 Å². The van der Waals surface area contributed by atoms with E-state index in [4.69, 9.17) is 12.2 Å². The van der Waals surface area contributed by atoms with E-state index >= 15 is 0 Å². The highest BCUT2D eigenvalue weighted by Crippen LogP contribution is 2.27. The van der Waals surface area contributed by atoms with Gasteiger partial charge in [-0.15, -0.1) is 11.3 Å². The molecule has 1 aliphatic heterocycles. The standard InChI is InChI=1S/C13H10N4S2/c14-7-9(8-17-6-5-15-13(17)18)12-16-10-3-1-2-4-11(10)19-12/h1-4,8H,5-6H2,(H,15,18)/b9-8+. The predicted molar refractivity (Wildman–Crippen MR) is 80.5 cm³/mol. The summed E-state index contributed by atoms with van der Waals surface area (Å²) in [5, 5.41) is 13.8. The Kier molecular flexibility index (Phi) is 3.15. The second-order valence-corrected chi connectivity index (χ2v) is 5.48. The highest BCUT2D eigenvalue weighted by molar-refractivity contribution is 7.80. The van der Waals surface area contributed by atoms with Crippen LogP contribution in [-0.4, -0.2) is 28.1 Å². The maximum absolute atomic E-state index is 9.31. The molecular formula is C13H10N4S2. The first-order valence-corrected chi connectivity index (χ1v) is 7.03. The minimum Gasteiger partial charge on any atom is -0.360 e. The van der Waals surface area contributed by atoms with Gasteiger partial charge in [-0.2, -0.15) is 5.26 Å². The van der Waals surface area contributed by atoms with Crippen molar-refractivity contribution in [2.24, 2.45) is 0 Å². The molecule has 1 aromatic carbocycles. The molecule has 2 aromatic rings. The van der Waals surface area contributed by atoms with E-state index in [1.807, 2.05) is 29.2 Å². The van der Waals surface area contributed by atoms with Gasteiger partial charge in [0.15, 0.2) is 5.11 Å². The zero-order chi connectivity index (χ0) is 13.2. The van der Waals surface area contributed by atoms with Crippen LogP contribution in [0.4, 0.5) is 0 Å². The number of rotatable bonds is 2. The van der Waals surface area contributed by atoms with Crippen LogP contribution in [0.25, 0.3) is 15.8 Å². The summed E-state index contributed by atoms with van der Waals surface area (Å²) < 4.78 is 1.08. The van der Waals surface area contributed by atoms with Crippen molar-refractivity contribution in [3.63, 3.8) is 0 Å². The number of thiazole rings is 1. The first-order valence-electron chi connectivity index (χ1n) is 5.80. The SMILES string of the molecule is N#C/C(=C\N1CCNC1=S)c1nc2ccccc2s1. The van der Waals surface area contributed by atoms with Crippen LogP contribution in [0.15, 0.2) is 30.5 Å². The Labute approximate surface area is 120 Å². The van der Waals surface area contributed by atoms with E-state index in [1.54, 1.807) is 6.20 Å². The van der Waals surface area contributed by atoms with E-state index in [2.05, 4.69) is 16.4 Å². The molecule has 0 atom stereocenters. The van der Waals surface area contributed by atoms with Crippen molar-refractivity contribution in [3.05, 3.63) is 35.5 Å². The molecule has 1 aromatic heterocycles. The molecular weight excluding hydrogens is 276 g/mol. The summed E-state index contributed by atoms with van der Waals surface area (Å²) in [4.78, 5) is 6.36. The van der Waals surface area contributed by atoms with Crippen LogP contribution in [0.2, 0.25) is 0 Å². The topological polar surface area (TPSA) is 52.0 Å². The molecule has 1 saturated heterocycles. The number of thiocarbonyl (C=S) groups is 1. The Morgan fingerprint density at radius 1 is 1.53 bits per heavy atom. The summed E-state index contributed by atoms with van der Waals surface area (Å²) >= 11 is 6.69. The normalized spacial score (nSPS) is 15.6. The number of benzene rings is 1. The van der Waals surface area contributed by atoms with Gasteiger partial charge in [0.2, 0.25) is 0 Å². The van der Waals surface area contributed by atoms with Crippen molar-refractivity contribution in [2.45, 2.75) is 0 Å². The maximum Gasteiger partial charge on any atom is 0.173 e. The number of nitriles is 1. The number of nitrogens with one attached hydrogen (secondary N) is 1. The van der Waals surface area contributed by atoms with Gasteiger partial charge in [-0.1, -0.05) is 12.1 Å². The zero-order valence-electron chi connectivity index (χ0n) is 9.96. The lowest BCUT2D eigenvalue weighted by atomic mass is 10.3. The molecule has 0 radical (unpaired) electrons. The first kappa shape index (κ1) is 12.1. The molecule has 0 bridgehead atoms. The van der Waals surface area contributed by atoms with Crippen LogP contribution in [0, 0.1) is 11.3 Å². The Hall–Kier alpha value is -1.97. The minimum absolute atomic E-state index is 0.548. The van der Waals surface area contributed by atoms with Crippen molar-refractivity contribution >= 4 is 44.5 Å². The van der Waals surface area contributed by atoms with Gasteiger partial charge >= 0.3 is 0 Å². The molecule has 0 amide bonds. The number of allylic oxidation sites excluding steroid dienone is 1. The van der Waals surface area contributed by atoms with E-state index in [0.29, 0.717) is 10.7 Å². The third-order valence-corrected chi connectivity index (χ3v) is 4.27. The number of nitrogens with zero attached hydrogens (tertiary/aromatic N) is 3. The van der Waals surface area contributed by atoms with Gasteiger partial charge in [0.1, 0.15) is 16.6 Å².